The molecule has 1 saturated heterocycles. The van der Waals surface area contributed by atoms with Crippen molar-refractivity contribution in [3.8, 4) is 0 Å². The minimum atomic E-state index is -4.30. The summed E-state index contributed by atoms with van der Waals surface area (Å²) in [6.07, 6.45) is 1.95. The van der Waals surface area contributed by atoms with E-state index in [1.165, 1.54) is 12.1 Å². The Bertz CT molecular complexity index is 1530. The number of carbonyl (C=O) groups excluding carboxylic acids is 2. The van der Waals surface area contributed by atoms with Crippen molar-refractivity contribution < 1.29 is 22.7 Å². The molecule has 12 heteroatoms. The Labute approximate surface area is 240 Å². The molecule has 1 aliphatic rings. The molecule has 1 unspecified atom stereocenters. The van der Waals surface area contributed by atoms with Crippen LogP contribution in [0.25, 0.3) is 0 Å². The number of pyridine rings is 2. The van der Waals surface area contributed by atoms with Crippen LogP contribution in [0.3, 0.4) is 0 Å². The number of carbonyl (C=O) groups is 2. The van der Waals surface area contributed by atoms with Crippen molar-refractivity contribution in [3.63, 3.8) is 0 Å². The van der Waals surface area contributed by atoms with E-state index in [1.54, 1.807) is 69.4 Å². The third-order valence-corrected chi connectivity index (χ3v) is 7.62. The highest BCUT2D eigenvalue weighted by Crippen LogP contribution is 2.37. The summed E-state index contributed by atoms with van der Waals surface area (Å²) in [4.78, 5) is 35.9. The minimum absolute atomic E-state index is 0.174. The van der Waals surface area contributed by atoms with Gasteiger partial charge in [-0.05, 0) is 95.5 Å². The van der Waals surface area contributed by atoms with Crippen molar-refractivity contribution >= 4 is 45.0 Å². The van der Waals surface area contributed by atoms with Gasteiger partial charge < -0.3 is 15.0 Å². The summed E-state index contributed by atoms with van der Waals surface area (Å²) in [5.74, 6) is 0.325. The zero-order valence-corrected chi connectivity index (χ0v) is 24.9. The molecule has 0 aliphatic carbocycles. The summed E-state index contributed by atoms with van der Waals surface area (Å²) in [7, 11) is -4.30. The van der Waals surface area contributed by atoms with Crippen LogP contribution in [0.15, 0.2) is 65.8 Å². The number of benzene rings is 1. The lowest BCUT2D eigenvalue weighted by Gasteiger charge is -2.33. The van der Waals surface area contributed by atoms with Gasteiger partial charge in [0.15, 0.2) is 5.03 Å². The molecule has 2 amide bonds. The molecule has 4 rings (SSSR count). The second-order valence-electron chi connectivity index (χ2n) is 11.7. The Morgan fingerprint density at radius 3 is 2.34 bits per heavy atom. The van der Waals surface area contributed by atoms with Crippen molar-refractivity contribution in [1.82, 2.24) is 14.7 Å². The van der Waals surface area contributed by atoms with Gasteiger partial charge in [-0.2, -0.15) is 8.42 Å². The topological polar surface area (TPSA) is 143 Å². The van der Waals surface area contributed by atoms with E-state index in [0.717, 1.165) is 6.42 Å². The minimum Gasteiger partial charge on any atom is -0.444 e. The van der Waals surface area contributed by atoms with Gasteiger partial charge in [0.2, 0.25) is 0 Å². The number of amides is 2. The van der Waals surface area contributed by atoms with E-state index in [2.05, 4.69) is 51.0 Å². The standard InChI is InChI=1S/C29H36N6O5S/c1-19-17-29(5,6)35(18-19)25-22(9-8-16-30-25)26(36)34-41(38,39)24-11-7-10-23(33-24)31-20-12-14-21(15-13-20)32-27(37)40-28(2,3)4/h7-16,19H,17-18H2,1-6H3,(H,31,33)(H,32,37)(H,34,36). The lowest BCUT2D eigenvalue weighted by molar-refractivity contribution is 0.0635. The summed E-state index contributed by atoms with van der Waals surface area (Å²) in [5.41, 5.74) is 0.457. The van der Waals surface area contributed by atoms with Crippen molar-refractivity contribution in [2.75, 3.05) is 22.1 Å². The summed E-state index contributed by atoms with van der Waals surface area (Å²) in [6, 6.07) is 14.3. The van der Waals surface area contributed by atoms with Crippen molar-refractivity contribution in [3.05, 3.63) is 66.4 Å². The number of nitrogens with one attached hydrogen (secondary N) is 3. The molecule has 3 aromatic rings. The number of rotatable bonds is 7. The van der Waals surface area contributed by atoms with Crippen LogP contribution < -0.4 is 20.3 Å². The van der Waals surface area contributed by atoms with Crippen LogP contribution >= 0.6 is 0 Å². The zero-order chi connectivity index (χ0) is 30.0. The normalized spacial score (nSPS) is 16.6. The molecule has 2 aromatic heterocycles. The second-order valence-corrected chi connectivity index (χ2v) is 13.4. The Balaban J connectivity index is 1.46. The van der Waals surface area contributed by atoms with Gasteiger partial charge >= 0.3 is 6.09 Å². The molecule has 0 bridgehead atoms. The summed E-state index contributed by atoms with van der Waals surface area (Å²) in [5, 5.41) is 5.36. The van der Waals surface area contributed by atoms with Crippen molar-refractivity contribution in [2.24, 2.45) is 5.92 Å². The molecule has 3 heterocycles. The number of hydrogen-bond donors (Lipinski definition) is 3. The largest absolute Gasteiger partial charge is 0.444 e. The van der Waals surface area contributed by atoms with Crippen LogP contribution in [-0.2, 0) is 14.8 Å². The Morgan fingerprint density at radius 2 is 1.71 bits per heavy atom. The first-order valence-corrected chi connectivity index (χ1v) is 14.8. The van der Waals surface area contributed by atoms with Crippen LogP contribution in [-0.4, -0.2) is 48.1 Å². The van der Waals surface area contributed by atoms with Gasteiger partial charge in [0.1, 0.15) is 17.2 Å². The average Bonchev–Trinajstić information content (AvgIpc) is 3.15. The molecule has 0 radical (unpaired) electrons. The molecule has 0 spiro atoms. The molecule has 0 saturated carbocycles. The molecular formula is C29H36N6O5S. The average molecular weight is 581 g/mol. The Morgan fingerprint density at radius 1 is 1.02 bits per heavy atom. The summed E-state index contributed by atoms with van der Waals surface area (Å²) < 4.78 is 33.7. The summed E-state index contributed by atoms with van der Waals surface area (Å²) in [6.45, 7) is 12.3. The molecule has 1 aromatic carbocycles. The highest BCUT2D eigenvalue weighted by molar-refractivity contribution is 7.90. The number of nitrogens with zero attached hydrogens (tertiary/aromatic N) is 3. The second kappa shape index (κ2) is 11.4. The van der Waals surface area contributed by atoms with Crippen LogP contribution in [0, 0.1) is 5.92 Å². The van der Waals surface area contributed by atoms with E-state index in [9.17, 15) is 18.0 Å². The highest BCUT2D eigenvalue weighted by atomic mass is 32.2. The maximum absolute atomic E-state index is 13.2. The van der Waals surface area contributed by atoms with Crippen molar-refractivity contribution in [1.29, 1.82) is 0 Å². The van der Waals surface area contributed by atoms with Gasteiger partial charge in [0.05, 0.1) is 5.56 Å². The van der Waals surface area contributed by atoms with Gasteiger partial charge in [0.25, 0.3) is 15.9 Å². The fourth-order valence-corrected chi connectivity index (χ4v) is 5.75. The number of sulfonamides is 1. The van der Waals surface area contributed by atoms with E-state index in [0.29, 0.717) is 29.7 Å². The molecule has 1 aliphatic heterocycles. The lowest BCUT2D eigenvalue weighted by Crippen LogP contribution is -2.41. The monoisotopic (exact) mass is 580 g/mol. The highest BCUT2D eigenvalue weighted by Gasteiger charge is 2.39. The van der Waals surface area contributed by atoms with E-state index < -0.39 is 27.6 Å². The smallest absolute Gasteiger partial charge is 0.412 e. The zero-order valence-electron chi connectivity index (χ0n) is 24.1. The number of ether oxygens (including phenoxy) is 1. The lowest BCUT2D eigenvalue weighted by atomic mass is 9.97. The molecule has 218 valence electrons. The van der Waals surface area contributed by atoms with Gasteiger partial charge in [-0.15, -0.1) is 0 Å². The fraction of sp³-hybridized carbons (Fsp3) is 0.379. The Kier molecular flexibility index (Phi) is 8.25. The van der Waals surface area contributed by atoms with Gasteiger partial charge in [-0.3, -0.25) is 10.1 Å². The van der Waals surface area contributed by atoms with E-state index >= 15 is 0 Å². The maximum atomic E-state index is 13.2. The maximum Gasteiger partial charge on any atom is 0.412 e. The van der Waals surface area contributed by atoms with E-state index in [1.807, 2.05) is 0 Å². The van der Waals surface area contributed by atoms with Crippen molar-refractivity contribution in [2.45, 2.75) is 64.1 Å². The Hall–Kier alpha value is -4.19. The molecule has 1 fully saturated rings. The van der Waals surface area contributed by atoms with Gasteiger partial charge in [0, 0.05) is 29.7 Å². The van der Waals surface area contributed by atoms with Crippen LogP contribution in [0.5, 0.6) is 0 Å². The number of anilines is 4. The molecule has 1 atom stereocenters. The predicted octanol–water partition coefficient (Wildman–Crippen LogP) is 5.31. The quantitative estimate of drug-likeness (QED) is 0.339. The first-order chi connectivity index (χ1) is 19.1. The third-order valence-electron chi connectivity index (χ3n) is 6.39. The van der Waals surface area contributed by atoms with Crippen LogP contribution in [0.2, 0.25) is 0 Å². The van der Waals surface area contributed by atoms with Gasteiger partial charge in [-0.25, -0.2) is 19.5 Å². The van der Waals surface area contributed by atoms with Crippen LogP contribution in [0.4, 0.5) is 27.8 Å². The number of hydrogen-bond acceptors (Lipinski definition) is 9. The summed E-state index contributed by atoms with van der Waals surface area (Å²) >= 11 is 0. The van der Waals surface area contributed by atoms with E-state index in [-0.39, 0.29) is 21.9 Å². The SMILES string of the molecule is CC1CN(c2ncccc2C(=O)NS(=O)(=O)c2cccc(Nc3ccc(NC(=O)OC(C)(C)C)cc3)n2)C(C)(C)C1. The fourth-order valence-electron chi connectivity index (χ4n) is 4.82. The first kappa shape index (κ1) is 29.8. The molecule has 41 heavy (non-hydrogen) atoms. The molecule has 11 nitrogen and oxygen atoms in total. The molecule has 3 N–H and O–H groups in total. The van der Waals surface area contributed by atoms with Crippen LogP contribution in [0.1, 0.15) is 58.3 Å². The van der Waals surface area contributed by atoms with Gasteiger partial charge in [-0.1, -0.05) is 13.0 Å². The number of aromatic nitrogens is 2. The molecular weight excluding hydrogens is 544 g/mol. The predicted molar refractivity (Wildman–Crippen MR) is 158 cm³/mol. The van der Waals surface area contributed by atoms with E-state index in [4.69, 9.17) is 4.74 Å². The third kappa shape index (κ3) is 7.51. The first-order valence-electron chi connectivity index (χ1n) is 13.3.